The fraction of sp³-hybridized carbons (Fsp3) is 0.529. The van der Waals surface area contributed by atoms with Crippen LogP contribution in [0.1, 0.15) is 49.3 Å². The van der Waals surface area contributed by atoms with Crippen molar-refractivity contribution in [2.75, 3.05) is 13.2 Å². The van der Waals surface area contributed by atoms with E-state index in [1.54, 1.807) is 12.1 Å². The number of piperidine rings is 1. The lowest BCUT2D eigenvalue weighted by molar-refractivity contribution is -0.122. The molecule has 1 unspecified atom stereocenters. The molecule has 0 spiro atoms. The monoisotopic (exact) mass is 299 g/mol. The average molecular weight is 299 g/mol. The molecule has 0 aliphatic carbocycles. The van der Waals surface area contributed by atoms with Crippen molar-refractivity contribution in [2.45, 2.75) is 44.2 Å². The van der Waals surface area contributed by atoms with Crippen LogP contribution in [-0.2, 0) is 4.79 Å². The summed E-state index contributed by atoms with van der Waals surface area (Å²) in [4.78, 5) is 12.3. The van der Waals surface area contributed by atoms with Crippen molar-refractivity contribution in [1.82, 2.24) is 10.6 Å². The highest BCUT2D eigenvalue weighted by molar-refractivity contribution is 5.77. The van der Waals surface area contributed by atoms with Crippen molar-refractivity contribution in [2.24, 2.45) is 0 Å². The number of rotatable bonds is 3. The first kappa shape index (κ1) is 14.9. The van der Waals surface area contributed by atoms with Crippen molar-refractivity contribution in [1.29, 1.82) is 5.26 Å². The molecule has 2 heterocycles. The molecule has 0 radical (unpaired) electrons. The first-order valence-electron chi connectivity index (χ1n) is 7.96. The van der Waals surface area contributed by atoms with Gasteiger partial charge in [0.25, 0.3) is 0 Å². The minimum absolute atomic E-state index is 0.0208. The quantitative estimate of drug-likeness (QED) is 0.895. The van der Waals surface area contributed by atoms with Crippen LogP contribution in [0.25, 0.3) is 0 Å². The fourth-order valence-electron chi connectivity index (χ4n) is 3.18. The maximum Gasteiger partial charge on any atom is 0.222 e. The van der Waals surface area contributed by atoms with E-state index in [2.05, 4.69) is 16.7 Å². The van der Waals surface area contributed by atoms with Gasteiger partial charge in [0.1, 0.15) is 5.75 Å². The van der Waals surface area contributed by atoms with E-state index in [-0.39, 0.29) is 11.9 Å². The number of carbonyl (C=O) groups is 1. The molecule has 1 fully saturated rings. The second-order valence-corrected chi connectivity index (χ2v) is 5.97. The maximum absolute atomic E-state index is 12.3. The highest BCUT2D eigenvalue weighted by Gasteiger charge is 2.24. The van der Waals surface area contributed by atoms with Crippen LogP contribution in [0.4, 0.5) is 0 Å². The topological polar surface area (TPSA) is 74.1 Å². The van der Waals surface area contributed by atoms with Crippen LogP contribution >= 0.6 is 0 Å². The summed E-state index contributed by atoms with van der Waals surface area (Å²) in [5.41, 5.74) is 1.55. The number of fused-ring (bicyclic) bond motifs is 1. The number of nitrogens with one attached hydrogen (secondary N) is 2. The largest absolute Gasteiger partial charge is 0.493 e. The van der Waals surface area contributed by atoms with Gasteiger partial charge in [-0.25, -0.2) is 0 Å². The fourth-order valence-corrected chi connectivity index (χ4v) is 3.18. The lowest BCUT2D eigenvalue weighted by Gasteiger charge is -2.28. The van der Waals surface area contributed by atoms with Crippen molar-refractivity contribution in [3.8, 4) is 11.8 Å². The summed E-state index contributed by atoms with van der Waals surface area (Å²) in [6, 6.07) is 7.80. The SMILES string of the molecule is N#Cc1ccc2c(c1)OCC[C@H]2NC(=O)CC1CCCCN1. The Balaban J connectivity index is 1.64. The molecule has 1 amide bonds. The van der Waals surface area contributed by atoms with Gasteiger partial charge in [0.2, 0.25) is 5.91 Å². The molecule has 116 valence electrons. The summed E-state index contributed by atoms with van der Waals surface area (Å²) in [5, 5.41) is 15.5. The molecular formula is C17H21N3O2. The first-order valence-corrected chi connectivity index (χ1v) is 7.96. The zero-order valence-electron chi connectivity index (χ0n) is 12.6. The number of hydrogen-bond donors (Lipinski definition) is 2. The van der Waals surface area contributed by atoms with Gasteiger partial charge in [-0.3, -0.25) is 4.79 Å². The van der Waals surface area contributed by atoms with Gasteiger partial charge >= 0.3 is 0 Å². The Morgan fingerprint density at radius 3 is 3.09 bits per heavy atom. The Hall–Kier alpha value is -2.06. The van der Waals surface area contributed by atoms with Crippen molar-refractivity contribution in [3.63, 3.8) is 0 Å². The van der Waals surface area contributed by atoms with Crippen LogP contribution in [0, 0.1) is 11.3 Å². The molecule has 1 aromatic carbocycles. The van der Waals surface area contributed by atoms with Gasteiger partial charge in [-0.05, 0) is 31.5 Å². The molecule has 0 saturated carbocycles. The van der Waals surface area contributed by atoms with Crippen LogP contribution in [0.15, 0.2) is 18.2 Å². The molecular weight excluding hydrogens is 278 g/mol. The third-order valence-electron chi connectivity index (χ3n) is 4.36. The molecule has 0 bridgehead atoms. The minimum Gasteiger partial charge on any atom is -0.493 e. The predicted octanol–water partition coefficient (Wildman–Crippen LogP) is 2.03. The van der Waals surface area contributed by atoms with Crippen LogP contribution in [-0.4, -0.2) is 25.1 Å². The summed E-state index contributed by atoms with van der Waals surface area (Å²) >= 11 is 0. The third kappa shape index (κ3) is 3.40. The van der Waals surface area contributed by atoms with Crippen molar-refractivity contribution in [3.05, 3.63) is 29.3 Å². The van der Waals surface area contributed by atoms with E-state index in [1.807, 2.05) is 6.07 Å². The Morgan fingerprint density at radius 2 is 2.32 bits per heavy atom. The Kier molecular flexibility index (Phi) is 4.59. The zero-order valence-corrected chi connectivity index (χ0v) is 12.6. The van der Waals surface area contributed by atoms with Gasteiger partial charge in [0, 0.05) is 24.4 Å². The smallest absolute Gasteiger partial charge is 0.222 e. The molecule has 1 aromatic rings. The average Bonchev–Trinajstić information content (AvgIpc) is 2.55. The summed E-state index contributed by atoms with van der Waals surface area (Å²) in [7, 11) is 0. The number of nitriles is 1. The van der Waals surface area contributed by atoms with Gasteiger partial charge < -0.3 is 15.4 Å². The first-order chi connectivity index (χ1) is 10.8. The highest BCUT2D eigenvalue weighted by atomic mass is 16.5. The molecule has 22 heavy (non-hydrogen) atoms. The van der Waals surface area contributed by atoms with Crippen molar-refractivity contribution >= 4 is 5.91 Å². The van der Waals surface area contributed by atoms with E-state index in [0.29, 0.717) is 30.4 Å². The van der Waals surface area contributed by atoms with Gasteiger partial charge in [-0.2, -0.15) is 5.26 Å². The predicted molar refractivity (Wildman–Crippen MR) is 82.4 cm³/mol. The van der Waals surface area contributed by atoms with E-state index >= 15 is 0 Å². The third-order valence-corrected chi connectivity index (χ3v) is 4.36. The molecule has 2 aliphatic heterocycles. The van der Waals surface area contributed by atoms with Gasteiger partial charge in [-0.15, -0.1) is 0 Å². The van der Waals surface area contributed by atoms with Gasteiger partial charge in [0.05, 0.1) is 24.3 Å². The summed E-state index contributed by atoms with van der Waals surface area (Å²) in [6.07, 6.45) is 4.77. The van der Waals surface area contributed by atoms with E-state index in [4.69, 9.17) is 10.00 Å². The molecule has 5 nitrogen and oxygen atoms in total. The van der Waals surface area contributed by atoms with E-state index in [1.165, 1.54) is 12.8 Å². The number of ether oxygens (including phenoxy) is 1. The Labute approximate surface area is 130 Å². The molecule has 3 rings (SSSR count). The van der Waals surface area contributed by atoms with Crippen LogP contribution in [0.5, 0.6) is 5.75 Å². The number of amides is 1. The number of nitrogens with zero attached hydrogens (tertiary/aromatic N) is 1. The van der Waals surface area contributed by atoms with Crippen molar-refractivity contribution < 1.29 is 9.53 Å². The highest BCUT2D eigenvalue weighted by Crippen LogP contribution is 2.32. The Bertz CT molecular complexity index is 588. The molecule has 2 atom stereocenters. The molecule has 5 heteroatoms. The maximum atomic E-state index is 12.3. The molecule has 0 aromatic heterocycles. The number of carbonyl (C=O) groups excluding carboxylic acids is 1. The second-order valence-electron chi connectivity index (χ2n) is 5.97. The van der Waals surface area contributed by atoms with Crippen LogP contribution < -0.4 is 15.4 Å². The summed E-state index contributed by atoms with van der Waals surface area (Å²) in [6.45, 7) is 1.57. The number of hydrogen-bond acceptors (Lipinski definition) is 4. The summed E-state index contributed by atoms with van der Waals surface area (Å²) in [5.74, 6) is 0.799. The van der Waals surface area contributed by atoms with Gasteiger partial charge in [-0.1, -0.05) is 12.5 Å². The normalized spacial score (nSPS) is 23.8. The molecule has 2 aliphatic rings. The lowest BCUT2D eigenvalue weighted by atomic mass is 9.97. The van der Waals surface area contributed by atoms with E-state index in [9.17, 15) is 4.79 Å². The number of benzene rings is 1. The zero-order chi connectivity index (χ0) is 15.4. The summed E-state index contributed by atoms with van der Waals surface area (Å²) < 4.78 is 5.61. The lowest BCUT2D eigenvalue weighted by Crippen LogP contribution is -2.40. The Morgan fingerprint density at radius 1 is 1.41 bits per heavy atom. The van der Waals surface area contributed by atoms with Crippen LogP contribution in [0.3, 0.4) is 0 Å². The van der Waals surface area contributed by atoms with E-state index in [0.717, 1.165) is 24.9 Å². The minimum atomic E-state index is -0.0208. The standard InChI is InChI=1S/C17H21N3O2/c18-11-12-4-5-14-15(6-8-22-16(14)9-12)20-17(21)10-13-3-1-2-7-19-13/h4-5,9,13,15,19H,1-3,6-8,10H2,(H,20,21)/t13?,15-/m1/s1. The van der Waals surface area contributed by atoms with Gasteiger partial charge in [0.15, 0.2) is 0 Å². The molecule has 2 N–H and O–H groups in total. The van der Waals surface area contributed by atoms with E-state index < -0.39 is 0 Å². The second kappa shape index (κ2) is 6.80. The molecule has 1 saturated heterocycles. The van der Waals surface area contributed by atoms with Crippen LogP contribution in [0.2, 0.25) is 0 Å².